The minimum Gasteiger partial charge on any atom is -0.494 e. The number of nitrogens with one attached hydrogen (secondary N) is 3. The smallest absolute Gasteiger partial charge is 0.328 e. The van der Waals surface area contributed by atoms with Crippen molar-refractivity contribution in [2.45, 2.75) is 58.0 Å². The van der Waals surface area contributed by atoms with Gasteiger partial charge >= 0.3 is 12.0 Å². The van der Waals surface area contributed by atoms with Gasteiger partial charge in [-0.1, -0.05) is 42.5 Å². The minimum absolute atomic E-state index is 0.0412. The SMILES string of the molecule is CCOc1nc2nc(n1)Nc1ccc(C(=O)N[C@@H](CCC(=O)c3ccccc3)C(=O)OC)c(c1)OCCCCCCOc1ccc(cc1)CN2. The molecule has 262 valence electrons. The van der Waals surface area contributed by atoms with Crippen LogP contribution in [0.5, 0.6) is 17.5 Å². The summed E-state index contributed by atoms with van der Waals surface area (Å²) in [6.45, 7) is 3.61. The third kappa shape index (κ3) is 10.4. The average molecular weight is 683 g/mol. The van der Waals surface area contributed by atoms with Crippen molar-refractivity contribution in [1.82, 2.24) is 20.3 Å². The zero-order valence-electron chi connectivity index (χ0n) is 28.3. The Bertz CT molecular complexity index is 1740. The molecule has 1 amide bonds. The molecule has 3 N–H and O–H groups in total. The molecule has 0 saturated carbocycles. The highest BCUT2D eigenvalue weighted by Gasteiger charge is 2.25. The predicted octanol–water partition coefficient (Wildman–Crippen LogP) is 5.89. The number of rotatable bonds is 9. The number of Topliss-reactive ketones (excluding diaryl/α,β-unsaturated/α-hetero) is 1. The molecule has 50 heavy (non-hydrogen) atoms. The van der Waals surface area contributed by atoms with E-state index in [1.54, 1.807) is 42.5 Å². The molecule has 0 fully saturated rings. The second kappa shape index (κ2) is 18.2. The van der Waals surface area contributed by atoms with Gasteiger partial charge in [0.2, 0.25) is 11.9 Å². The maximum atomic E-state index is 13.7. The molecule has 13 heteroatoms. The van der Waals surface area contributed by atoms with Crippen molar-refractivity contribution in [3.8, 4) is 17.5 Å². The Morgan fingerprint density at radius 2 is 1.62 bits per heavy atom. The van der Waals surface area contributed by atoms with Crippen LogP contribution < -0.4 is 30.2 Å². The molecule has 0 saturated heterocycles. The van der Waals surface area contributed by atoms with E-state index in [0.29, 0.717) is 49.3 Å². The van der Waals surface area contributed by atoms with E-state index in [0.717, 1.165) is 37.0 Å². The van der Waals surface area contributed by atoms with Gasteiger partial charge < -0.3 is 34.9 Å². The van der Waals surface area contributed by atoms with Crippen molar-refractivity contribution in [3.63, 3.8) is 0 Å². The lowest BCUT2D eigenvalue weighted by Crippen LogP contribution is -2.42. The van der Waals surface area contributed by atoms with E-state index < -0.39 is 17.9 Å². The van der Waals surface area contributed by atoms with Gasteiger partial charge in [-0.25, -0.2) is 4.79 Å². The number of hydrogen-bond acceptors (Lipinski definition) is 12. The van der Waals surface area contributed by atoms with Crippen molar-refractivity contribution in [1.29, 1.82) is 0 Å². The lowest BCUT2D eigenvalue weighted by atomic mass is 10.0. The molecule has 1 atom stereocenters. The minimum atomic E-state index is -1.05. The number of fused-ring (bicyclic) bond motifs is 10. The number of nitrogens with zero attached hydrogens (tertiary/aromatic N) is 3. The first kappa shape index (κ1) is 35.6. The number of methoxy groups -OCH3 is 1. The number of ketones is 1. The Morgan fingerprint density at radius 1 is 0.880 bits per heavy atom. The van der Waals surface area contributed by atoms with E-state index in [1.807, 2.05) is 37.3 Å². The number of carbonyl (C=O) groups is 3. The van der Waals surface area contributed by atoms with Gasteiger partial charge in [0.15, 0.2) is 5.78 Å². The Hall–Kier alpha value is -5.72. The highest BCUT2D eigenvalue weighted by molar-refractivity contribution is 6.00. The molecule has 3 aromatic carbocycles. The fourth-order valence-electron chi connectivity index (χ4n) is 5.21. The van der Waals surface area contributed by atoms with Crippen LogP contribution in [0.2, 0.25) is 0 Å². The molecule has 13 nitrogen and oxygen atoms in total. The molecule has 0 radical (unpaired) electrons. The number of benzene rings is 3. The molecule has 2 aliphatic heterocycles. The fourth-order valence-corrected chi connectivity index (χ4v) is 5.21. The summed E-state index contributed by atoms with van der Waals surface area (Å²) < 4.78 is 22.6. The summed E-state index contributed by atoms with van der Waals surface area (Å²) >= 11 is 0. The third-order valence-electron chi connectivity index (χ3n) is 7.86. The topological polar surface area (TPSA) is 163 Å². The van der Waals surface area contributed by atoms with Gasteiger partial charge in [0.05, 0.1) is 32.5 Å². The van der Waals surface area contributed by atoms with Gasteiger partial charge in [-0.3, -0.25) is 9.59 Å². The van der Waals surface area contributed by atoms with Crippen LogP contribution in [-0.4, -0.2) is 65.6 Å². The molecule has 2 aliphatic rings. The fraction of sp³-hybridized carbons (Fsp3) is 0.351. The quantitative estimate of drug-likeness (QED) is 0.142. The largest absolute Gasteiger partial charge is 0.494 e. The lowest BCUT2D eigenvalue weighted by molar-refractivity contribution is -0.143. The van der Waals surface area contributed by atoms with E-state index >= 15 is 0 Å². The zero-order valence-corrected chi connectivity index (χ0v) is 28.3. The Morgan fingerprint density at radius 3 is 2.36 bits per heavy atom. The molecular formula is C37H42N6O7. The molecule has 1 aromatic heterocycles. The van der Waals surface area contributed by atoms with Crippen LogP contribution in [0.25, 0.3) is 0 Å². The predicted molar refractivity (Wildman–Crippen MR) is 187 cm³/mol. The lowest BCUT2D eigenvalue weighted by Gasteiger charge is -2.18. The summed E-state index contributed by atoms with van der Waals surface area (Å²) in [4.78, 5) is 52.3. The van der Waals surface area contributed by atoms with E-state index in [1.165, 1.54) is 7.11 Å². The van der Waals surface area contributed by atoms with Crippen molar-refractivity contribution < 1.29 is 33.3 Å². The van der Waals surface area contributed by atoms with E-state index in [4.69, 9.17) is 18.9 Å². The van der Waals surface area contributed by atoms with Crippen LogP contribution >= 0.6 is 0 Å². The average Bonchev–Trinajstić information content (AvgIpc) is 3.13. The molecule has 0 unspecified atom stereocenters. The summed E-state index contributed by atoms with van der Waals surface area (Å²) in [5.41, 5.74) is 2.31. The van der Waals surface area contributed by atoms with Crippen molar-refractivity contribution >= 4 is 35.2 Å². The number of amides is 1. The Kier molecular flexibility index (Phi) is 12.9. The van der Waals surface area contributed by atoms with E-state index in [-0.39, 0.29) is 36.1 Å². The standard InChI is InChI=1S/C37H42N6O7/c1-3-48-37-42-35-38-24-25-13-16-28(17-14-25)49-21-9-4-5-10-22-50-32-23-27(39-36(41-35)43-37)15-18-29(32)33(45)40-30(34(46)47-2)19-20-31(44)26-11-7-6-8-12-26/h6-8,11-18,23,30H,3-5,9-10,19-22,24H2,1-2H3,(H,40,45)(H2,38,39,41,42,43)/t30-/m0/s1. The highest BCUT2D eigenvalue weighted by Crippen LogP contribution is 2.27. The normalized spacial score (nSPS) is 13.9. The van der Waals surface area contributed by atoms with Crippen LogP contribution in [0.15, 0.2) is 72.8 Å². The molecule has 3 heterocycles. The van der Waals surface area contributed by atoms with Gasteiger partial charge in [-0.05, 0) is 68.9 Å². The Balaban J connectivity index is 1.37. The monoisotopic (exact) mass is 682 g/mol. The van der Waals surface area contributed by atoms with Crippen LogP contribution in [0.4, 0.5) is 17.6 Å². The van der Waals surface area contributed by atoms with E-state index in [2.05, 4.69) is 30.9 Å². The summed E-state index contributed by atoms with van der Waals surface area (Å²) in [6, 6.07) is 20.7. The first-order chi connectivity index (χ1) is 24.4. The Labute approximate surface area is 291 Å². The molecule has 4 aromatic rings. The second-order valence-corrected chi connectivity index (χ2v) is 11.5. The summed E-state index contributed by atoms with van der Waals surface area (Å²) in [6.07, 6.45) is 3.60. The number of esters is 1. The number of ether oxygens (including phenoxy) is 4. The zero-order chi connectivity index (χ0) is 35.1. The van der Waals surface area contributed by atoms with Crippen LogP contribution in [-0.2, 0) is 16.1 Å². The summed E-state index contributed by atoms with van der Waals surface area (Å²) in [5, 5.41) is 9.13. The van der Waals surface area contributed by atoms with Crippen LogP contribution in [0, 0.1) is 0 Å². The van der Waals surface area contributed by atoms with Gasteiger partial charge in [-0.2, -0.15) is 15.0 Å². The van der Waals surface area contributed by atoms with Gasteiger partial charge in [-0.15, -0.1) is 0 Å². The highest BCUT2D eigenvalue weighted by atomic mass is 16.5. The maximum absolute atomic E-state index is 13.7. The second-order valence-electron chi connectivity index (χ2n) is 11.5. The van der Waals surface area contributed by atoms with Gasteiger partial charge in [0, 0.05) is 30.3 Å². The number of anilines is 3. The van der Waals surface area contributed by atoms with Gasteiger partial charge in [0.1, 0.15) is 17.5 Å². The first-order valence-electron chi connectivity index (χ1n) is 16.8. The molecule has 0 aliphatic carbocycles. The molecule has 6 rings (SSSR count). The molecular weight excluding hydrogens is 640 g/mol. The van der Waals surface area contributed by atoms with Crippen molar-refractivity contribution in [2.75, 3.05) is 37.6 Å². The van der Waals surface area contributed by atoms with Crippen LogP contribution in [0.3, 0.4) is 0 Å². The number of hydrogen-bond donors (Lipinski definition) is 3. The van der Waals surface area contributed by atoms with E-state index in [9.17, 15) is 14.4 Å². The summed E-state index contributed by atoms with van der Waals surface area (Å²) in [7, 11) is 1.24. The first-order valence-corrected chi connectivity index (χ1v) is 16.8. The summed E-state index contributed by atoms with van der Waals surface area (Å²) in [5.74, 6) is 0.283. The molecule has 6 bridgehead atoms. The van der Waals surface area contributed by atoms with Crippen molar-refractivity contribution in [3.05, 3.63) is 89.5 Å². The molecule has 0 spiro atoms. The third-order valence-corrected chi connectivity index (χ3v) is 7.86. The van der Waals surface area contributed by atoms with Crippen LogP contribution in [0.1, 0.15) is 71.7 Å². The maximum Gasteiger partial charge on any atom is 0.328 e. The number of carbonyl (C=O) groups excluding carboxylic acids is 3. The number of aromatic nitrogens is 3. The van der Waals surface area contributed by atoms with Gasteiger partial charge in [0.25, 0.3) is 5.91 Å². The van der Waals surface area contributed by atoms with Crippen molar-refractivity contribution in [2.24, 2.45) is 0 Å².